The van der Waals surface area contributed by atoms with E-state index in [9.17, 15) is 15.3 Å². The van der Waals surface area contributed by atoms with Crippen LogP contribution >= 0.6 is 11.6 Å². The fourth-order valence-corrected chi connectivity index (χ4v) is 2.92. The molecule has 0 aliphatic heterocycles. The van der Waals surface area contributed by atoms with E-state index in [4.69, 9.17) is 16.3 Å². The Kier molecular flexibility index (Phi) is 6.03. The summed E-state index contributed by atoms with van der Waals surface area (Å²) in [4.78, 5) is 19.8. The van der Waals surface area contributed by atoms with E-state index < -0.39 is 0 Å². The second-order valence-electron chi connectivity index (χ2n) is 5.84. The number of pyridine rings is 2. The zero-order chi connectivity index (χ0) is 20.8. The second kappa shape index (κ2) is 8.83. The quantitative estimate of drug-likeness (QED) is 0.652. The summed E-state index contributed by atoms with van der Waals surface area (Å²) in [7, 11) is 1.51. The third kappa shape index (κ3) is 4.16. The van der Waals surface area contributed by atoms with Crippen molar-refractivity contribution in [3.63, 3.8) is 0 Å². The normalized spacial score (nSPS) is 9.93. The van der Waals surface area contributed by atoms with Crippen molar-refractivity contribution in [2.45, 2.75) is 6.61 Å². The molecule has 1 amide bonds. The second-order valence-corrected chi connectivity index (χ2v) is 6.20. The summed E-state index contributed by atoms with van der Waals surface area (Å²) in [5.74, 6) is -0.316. The Morgan fingerprint density at radius 3 is 2.55 bits per heavy atom. The van der Waals surface area contributed by atoms with Gasteiger partial charge in [0, 0.05) is 18.8 Å². The van der Waals surface area contributed by atoms with Gasteiger partial charge < -0.3 is 10.1 Å². The monoisotopic (exact) mass is 403 g/mol. The molecule has 1 aromatic carbocycles. The first-order valence-electron chi connectivity index (χ1n) is 8.48. The molecule has 0 aliphatic rings. The van der Waals surface area contributed by atoms with Crippen LogP contribution in [0.3, 0.4) is 0 Å². The molecular weight excluding hydrogens is 390 g/mol. The van der Waals surface area contributed by atoms with Gasteiger partial charge in [-0.3, -0.25) is 9.78 Å². The lowest BCUT2D eigenvalue weighted by Crippen LogP contribution is -2.19. The van der Waals surface area contributed by atoms with Gasteiger partial charge in [0.1, 0.15) is 30.0 Å². The molecule has 3 rings (SSSR count). The molecule has 0 saturated heterocycles. The van der Waals surface area contributed by atoms with Crippen molar-refractivity contribution in [3.8, 4) is 29.1 Å². The highest BCUT2D eigenvalue weighted by molar-refractivity contribution is 6.31. The Bertz CT molecular complexity index is 1150. The molecule has 2 heterocycles. The minimum Gasteiger partial charge on any atom is -0.472 e. The molecule has 3 aromatic rings. The van der Waals surface area contributed by atoms with Gasteiger partial charge in [-0.2, -0.15) is 15.5 Å². The third-order valence-electron chi connectivity index (χ3n) is 4.07. The van der Waals surface area contributed by atoms with Crippen molar-refractivity contribution in [1.29, 1.82) is 10.5 Å². The molecule has 0 atom stereocenters. The van der Waals surface area contributed by atoms with Crippen LogP contribution < -0.4 is 10.1 Å². The molecule has 0 bridgehead atoms. The maximum Gasteiger partial charge on any atom is 0.269 e. The molecule has 142 valence electrons. The number of amides is 1. The number of nitriles is 2. The highest BCUT2D eigenvalue weighted by Gasteiger charge is 2.21. The SMILES string of the molecule is CNC(=O)c1cc(COc2nc(Cl)c(C#N)c(-c3ccccc3)c2C#N)ccn1. The number of halogens is 1. The summed E-state index contributed by atoms with van der Waals surface area (Å²) < 4.78 is 5.74. The van der Waals surface area contributed by atoms with Gasteiger partial charge >= 0.3 is 0 Å². The zero-order valence-corrected chi connectivity index (χ0v) is 16.1. The van der Waals surface area contributed by atoms with Gasteiger partial charge in [-0.1, -0.05) is 41.9 Å². The molecule has 0 aliphatic carbocycles. The third-order valence-corrected chi connectivity index (χ3v) is 4.34. The lowest BCUT2D eigenvalue weighted by molar-refractivity contribution is 0.0958. The van der Waals surface area contributed by atoms with E-state index in [0.717, 1.165) is 0 Å². The molecule has 0 spiro atoms. The van der Waals surface area contributed by atoms with Crippen molar-refractivity contribution in [1.82, 2.24) is 15.3 Å². The van der Waals surface area contributed by atoms with E-state index in [2.05, 4.69) is 21.4 Å². The van der Waals surface area contributed by atoms with Crippen LogP contribution in [0, 0.1) is 22.7 Å². The fraction of sp³-hybridized carbons (Fsp3) is 0.0952. The van der Waals surface area contributed by atoms with Crippen LogP contribution in [-0.2, 0) is 6.61 Å². The lowest BCUT2D eigenvalue weighted by atomic mass is 9.97. The standard InChI is InChI=1S/C21H14ClN5O2/c1-25-20(28)17-9-13(7-8-26-17)12-29-21-16(11-24)18(14-5-3-2-4-6-14)15(10-23)19(22)27-21/h2-9H,12H2,1H3,(H,25,28). The molecule has 7 nitrogen and oxygen atoms in total. The predicted molar refractivity (Wildman–Crippen MR) is 106 cm³/mol. The first-order chi connectivity index (χ1) is 14.1. The Hall–Kier alpha value is -3.94. The van der Waals surface area contributed by atoms with Crippen LogP contribution in [0.2, 0.25) is 5.15 Å². The van der Waals surface area contributed by atoms with Crippen LogP contribution in [0.1, 0.15) is 27.2 Å². The van der Waals surface area contributed by atoms with Crippen molar-refractivity contribution in [3.05, 3.63) is 76.2 Å². The van der Waals surface area contributed by atoms with E-state index >= 15 is 0 Å². The molecule has 1 N–H and O–H groups in total. The van der Waals surface area contributed by atoms with Crippen molar-refractivity contribution >= 4 is 17.5 Å². The number of rotatable bonds is 5. The Morgan fingerprint density at radius 2 is 1.90 bits per heavy atom. The number of carbonyl (C=O) groups is 1. The molecule has 0 radical (unpaired) electrons. The first-order valence-corrected chi connectivity index (χ1v) is 8.85. The molecular formula is C21H14ClN5O2. The van der Waals surface area contributed by atoms with E-state index in [1.807, 2.05) is 12.1 Å². The number of hydrogen-bond donors (Lipinski definition) is 1. The zero-order valence-electron chi connectivity index (χ0n) is 15.3. The molecule has 2 aromatic heterocycles. The highest BCUT2D eigenvalue weighted by atomic mass is 35.5. The molecule has 8 heteroatoms. The number of benzene rings is 1. The molecule has 0 unspecified atom stereocenters. The fourth-order valence-electron chi connectivity index (χ4n) is 2.71. The van der Waals surface area contributed by atoms with E-state index in [1.165, 1.54) is 13.2 Å². The minimum absolute atomic E-state index is 0.00802. The Balaban J connectivity index is 2.01. The topological polar surface area (TPSA) is 112 Å². The highest BCUT2D eigenvalue weighted by Crippen LogP contribution is 2.35. The minimum atomic E-state index is -0.324. The number of aromatic nitrogens is 2. The van der Waals surface area contributed by atoms with Gasteiger partial charge in [0.15, 0.2) is 5.15 Å². The average molecular weight is 404 g/mol. The number of carbonyl (C=O) groups excluding carboxylic acids is 1. The van der Waals surface area contributed by atoms with Gasteiger partial charge in [-0.15, -0.1) is 0 Å². The van der Waals surface area contributed by atoms with Gasteiger partial charge in [-0.05, 0) is 23.3 Å². The number of nitrogens with one attached hydrogen (secondary N) is 1. The Labute approximate surface area is 172 Å². The number of ether oxygens (including phenoxy) is 1. The average Bonchev–Trinajstić information content (AvgIpc) is 2.77. The Morgan fingerprint density at radius 1 is 1.17 bits per heavy atom. The maximum absolute atomic E-state index is 11.7. The van der Waals surface area contributed by atoms with Gasteiger partial charge in [0.05, 0.1) is 5.56 Å². The van der Waals surface area contributed by atoms with Crippen molar-refractivity contribution in [2.75, 3.05) is 7.05 Å². The van der Waals surface area contributed by atoms with Crippen LogP contribution in [0.5, 0.6) is 5.88 Å². The van der Waals surface area contributed by atoms with Gasteiger partial charge in [0.2, 0.25) is 5.88 Å². The van der Waals surface area contributed by atoms with Crippen LogP contribution in [0.4, 0.5) is 0 Å². The van der Waals surface area contributed by atoms with E-state index in [1.54, 1.807) is 36.4 Å². The van der Waals surface area contributed by atoms with Crippen LogP contribution in [0.25, 0.3) is 11.1 Å². The van der Waals surface area contributed by atoms with Crippen molar-refractivity contribution in [2.24, 2.45) is 0 Å². The number of hydrogen-bond acceptors (Lipinski definition) is 6. The summed E-state index contributed by atoms with van der Waals surface area (Å²) in [6.07, 6.45) is 1.49. The van der Waals surface area contributed by atoms with E-state index in [0.29, 0.717) is 16.7 Å². The number of nitrogens with zero attached hydrogens (tertiary/aromatic N) is 4. The van der Waals surface area contributed by atoms with Gasteiger partial charge in [-0.25, -0.2) is 0 Å². The largest absolute Gasteiger partial charge is 0.472 e. The summed E-state index contributed by atoms with van der Waals surface area (Å²) >= 11 is 6.19. The van der Waals surface area contributed by atoms with Crippen LogP contribution in [0.15, 0.2) is 48.7 Å². The van der Waals surface area contributed by atoms with E-state index in [-0.39, 0.29) is 40.4 Å². The predicted octanol–water partition coefficient (Wildman–Crippen LogP) is 3.48. The molecule has 0 fully saturated rings. The molecule has 29 heavy (non-hydrogen) atoms. The van der Waals surface area contributed by atoms with Gasteiger partial charge in [0.25, 0.3) is 5.91 Å². The van der Waals surface area contributed by atoms with Crippen molar-refractivity contribution < 1.29 is 9.53 Å². The maximum atomic E-state index is 11.7. The molecule has 0 saturated carbocycles. The summed E-state index contributed by atoms with van der Waals surface area (Å²) in [6, 6.07) is 16.3. The first kappa shape index (κ1) is 19.8. The summed E-state index contributed by atoms with van der Waals surface area (Å²) in [5, 5.41) is 21.7. The summed E-state index contributed by atoms with van der Waals surface area (Å²) in [5.41, 5.74) is 2.13. The lowest BCUT2D eigenvalue weighted by Gasteiger charge is -2.13. The summed E-state index contributed by atoms with van der Waals surface area (Å²) in [6.45, 7) is 0.0324. The van der Waals surface area contributed by atoms with Crippen LogP contribution in [-0.4, -0.2) is 22.9 Å². The smallest absolute Gasteiger partial charge is 0.269 e.